The highest BCUT2D eigenvalue weighted by molar-refractivity contribution is 9.10. The Hall–Kier alpha value is -0.480. The Morgan fingerprint density at radius 3 is 2.80 bits per heavy atom. The van der Waals surface area contributed by atoms with Crippen LogP contribution in [0.2, 0.25) is 0 Å². The SMILES string of the molecule is CSCCN(C)c1ccc(C=O)c(Br)c1. The highest BCUT2D eigenvalue weighted by Gasteiger charge is 2.03. The van der Waals surface area contributed by atoms with Crippen molar-refractivity contribution < 1.29 is 4.79 Å². The topological polar surface area (TPSA) is 20.3 Å². The van der Waals surface area contributed by atoms with Crippen LogP contribution in [0.15, 0.2) is 22.7 Å². The van der Waals surface area contributed by atoms with Gasteiger partial charge >= 0.3 is 0 Å². The van der Waals surface area contributed by atoms with Crippen LogP contribution >= 0.6 is 27.7 Å². The Bertz CT molecular complexity index is 343. The molecule has 0 aliphatic heterocycles. The summed E-state index contributed by atoms with van der Waals surface area (Å²) in [6, 6.07) is 5.78. The van der Waals surface area contributed by atoms with E-state index in [0.29, 0.717) is 5.56 Å². The third kappa shape index (κ3) is 3.54. The molecule has 15 heavy (non-hydrogen) atoms. The van der Waals surface area contributed by atoms with Crippen LogP contribution in [0.25, 0.3) is 0 Å². The fourth-order valence-corrected chi connectivity index (χ4v) is 2.12. The second kappa shape index (κ2) is 6.18. The number of thioether (sulfide) groups is 1. The summed E-state index contributed by atoms with van der Waals surface area (Å²) in [5.41, 5.74) is 1.82. The van der Waals surface area contributed by atoms with E-state index in [9.17, 15) is 4.79 Å². The van der Waals surface area contributed by atoms with Crippen LogP contribution in [0.3, 0.4) is 0 Å². The summed E-state index contributed by atoms with van der Waals surface area (Å²) >= 11 is 5.21. The highest BCUT2D eigenvalue weighted by Crippen LogP contribution is 2.22. The average Bonchev–Trinajstić information content (AvgIpc) is 2.25. The maximum absolute atomic E-state index is 10.6. The first kappa shape index (κ1) is 12.6. The minimum Gasteiger partial charge on any atom is -0.374 e. The lowest BCUT2D eigenvalue weighted by molar-refractivity contribution is 0.112. The lowest BCUT2D eigenvalue weighted by Gasteiger charge is -2.19. The zero-order valence-electron chi connectivity index (χ0n) is 8.87. The smallest absolute Gasteiger partial charge is 0.151 e. The van der Waals surface area contributed by atoms with Crippen LogP contribution < -0.4 is 4.90 Å². The quantitative estimate of drug-likeness (QED) is 0.777. The Balaban J connectivity index is 2.77. The number of hydrogen-bond donors (Lipinski definition) is 0. The number of benzene rings is 1. The molecule has 1 aromatic rings. The summed E-state index contributed by atoms with van der Waals surface area (Å²) in [4.78, 5) is 12.8. The van der Waals surface area contributed by atoms with E-state index < -0.39 is 0 Å². The molecule has 1 aromatic carbocycles. The van der Waals surface area contributed by atoms with Crippen molar-refractivity contribution in [2.75, 3.05) is 30.5 Å². The second-order valence-corrected chi connectivity index (χ2v) is 5.08. The van der Waals surface area contributed by atoms with Crippen molar-refractivity contribution in [3.8, 4) is 0 Å². The summed E-state index contributed by atoms with van der Waals surface area (Å²) in [5, 5.41) is 0. The molecule has 0 amide bonds. The van der Waals surface area contributed by atoms with E-state index in [0.717, 1.165) is 28.7 Å². The molecule has 0 aromatic heterocycles. The van der Waals surface area contributed by atoms with Crippen molar-refractivity contribution in [2.45, 2.75) is 0 Å². The van der Waals surface area contributed by atoms with Gasteiger partial charge in [-0.05, 0) is 40.4 Å². The molecule has 0 radical (unpaired) electrons. The minimum absolute atomic E-state index is 0.692. The van der Waals surface area contributed by atoms with E-state index in [2.05, 4.69) is 34.1 Å². The Kier molecular flexibility index (Phi) is 5.19. The number of rotatable bonds is 5. The molecule has 0 saturated heterocycles. The molecule has 0 aliphatic rings. The van der Waals surface area contributed by atoms with Crippen molar-refractivity contribution in [1.82, 2.24) is 0 Å². The molecule has 0 unspecified atom stereocenters. The molecule has 0 spiro atoms. The van der Waals surface area contributed by atoms with E-state index in [1.807, 2.05) is 30.0 Å². The first-order valence-corrected chi connectivity index (χ1v) is 6.82. The standard InChI is InChI=1S/C11H14BrNOS/c1-13(5-6-15-2)10-4-3-9(8-14)11(12)7-10/h3-4,7-8H,5-6H2,1-2H3. The molecule has 0 heterocycles. The van der Waals surface area contributed by atoms with Gasteiger partial charge in [-0.25, -0.2) is 0 Å². The molecule has 0 bridgehead atoms. The van der Waals surface area contributed by atoms with E-state index in [1.165, 1.54) is 0 Å². The predicted octanol–water partition coefficient (Wildman–Crippen LogP) is 3.06. The van der Waals surface area contributed by atoms with Gasteiger partial charge in [0.1, 0.15) is 0 Å². The maximum atomic E-state index is 10.6. The number of halogens is 1. The van der Waals surface area contributed by atoms with E-state index in [1.54, 1.807) is 0 Å². The Labute approximate surface area is 103 Å². The third-order valence-corrected chi connectivity index (χ3v) is 3.46. The Morgan fingerprint density at radius 2 is 2.27 bits per heavy atom. The molecular formula is C11H14BrNOS. The van der Waals surface area contributed by atoms with Crippen LogP contribution in [-0.2, 0) is 0 Å². The third-order valence-electron chi connectivity index (χ3n) is 2.18. The molecule has 0 N–H and O–H groups in total. The van der Waals surface area contributed by atoms with Crippen LogP contribution in [0, 0.1) is 0 Å². The molecule has 82 valence electrons. The van der Waals surface area contributed by atoms with Gasteiger partial charge in [-0.2, -0.15) is 11.8 Å². The molecule has 4 heteroatoms. The van der Waals surface area contributed by atoms with Gasteiger partial charge in [-0.3, -0.25) is 4.79 Å². The van der Waals surface area contributed by atoms with Gasteiger partial charge in [-0.15, -0.1) is 0 Å². The summed E-state index contributed by atoms with van der Waals surface area (Å²) in [5.74, 6) is 1.10. The average molecular weight is 288 g/mol. The van der Waals surface area contributed by atoms with Crippen LogP contribution in [0.1, 0.15) is 10.4 Å². The van der Waals surface area contributed by atoms with Gasteiger partial charge in [0.15, 0.2) is 6.29 Å². The van der Waals surface area contributed by atoms with Gasteiger partial charge in [-0.1, -0.05) is 0 Å². The second-order valence-electron chi connectivity index (χ2n) is 3.24. The van der Waals surface area contributed by atoms with Crippen LogP contribution in [-0.4, -0.2) is 31.9 Å². The number of anilines is 1. The summed E-state index contributed by atoms with van der Waals surface area (Å²) < 4.78 is 0.853. The van der Waals surface area contributed by atoms with Gasteiger partial charge < -0.3 is 4.90 Å². The zero-order valence-corrected chi connectivity index (χ0v) is 11.3. The molecule has 0 aliphatic carbocycles. The first-order valence-electron chi connectivity index (χ1n) is 4.64. The lowest BCUT2D eigenvalue weighted by atomic mass is 10.2. The molecular weight excluding hydrogens is 274 g/mol. The van der Waals surface area contributed by atoms with Crippen molar-refractivity contribution in [2.24, 2.45) is 0 Å². The van der Waals surface area contributed by atoms with E-state index in [4.69, 9.17) is 0 Å². The fourth-order valence-electron chi connectivity index (χ4n) is 1.21. The number of carbonyl (C=O) groups excluding carboxylic acids is 1. The zero-order chi connectivity index (χ0) is 11.3. The lowest BCUT2D eigenvalue weighted by Crippen LogP contribution is -2.20. The molecule has 0 fully saturated rings. The van der Waals surface area contributed by atoms with Gasteiger partial charge in [0.2, 0.25) is 0 Å². The summed E-state index contributed by atoms with van der Waals surface area (Å²) in [7, 11) is 2.05. The van der Waals surface area contributed by atoms with Crippen molar-refractivity contribution in [3.05, 3.63) is 28.2 Å². The molecule has 2 nitrogen and oxygen atoms in total. The predicted molar refractivity (Wildman–Crippen MR) is 71.2 cm³/mol. The normalized spacial score (nSPS) is 10.1. The number of aldehydes is 1. The van der Waals surface area contributed by atoms with Gasteiger partial charge in [0.25, 0.3) is 0 Å². The largest absolute Gasteiger partial charge is 0.374 e. The highest BCUT2D eigenvalue weighted by atomic mass is 79.9. The van der Waals surface area contributed by atoms with Crippen LogP contribution in [0.4, 0.5) is 5.69 Å². The van der Waals surface area contributed by atoms with Gasteiger partial charge in [0.05, 0.1) is 0 Å². The van der Waals surface area contributed by atoms with Crippen LogP contribution in [0.5, 0.6) is 0 Å². The molecule has 0 saturated carbocycles. The monoisotopic (exact) mass is 287 g/mol. The Morgan fingerprint density at radius 1 is 1.53 bits per heavy atom. The summed E-state index contributed by atoms with van der Waals surface area (Å²) in [6.07, 6.45) is 2.95. The van der Waals surface area contributed by atoms with Crippen molar-refractivity contribution in [1.29, 1.82) is 0 Å². The van der Waals surface area contributed by atoms with E-state index >= 15 is 0 Å². The van der Waals surface area contributed by atoms with Crippen molar-refractivity contribution in [3.63, 3.8) is 0 Å². The maximum Gasteiger partial charge on any atom is 0.151 e. The number of nitrogens with zero attached hydrogens (tertiary/aromatic N) is 1. The molecule has 0 atom stereocenters. The molecule has 1 rings (SSSR count). The van der Waals surface area contributed by atoms with E-state index in [-0.39, 0.29) is 0 Å². The van der Waals surface area contributed by atoms with Gasteiger partial charge in [0, 0.05) is 35.1 Å². The number of hydrogen-bond acceptors (Lipinski definition) is 3. The first-order chi connectivity index (χ1) is 7.19. The summed E-state index contributed by atoms with van der Waals surface area (Å²) in [6.45, 7) is 1.01. The number of carbonyl (C=O) groups is 1. The van der Waals surface area contributed by atoms with Crippen molar-refractivity contribution >= 4 is 39.7 Å². The minimum atomic E-state index is 0.692. The fraction of sp³-hybridized carbons (Fsp3) is 0.364.